The fraction of sp³-hybridized carbons (Fsp3) is 0.125. The quantitative estimate of drug-likeness (QED) is 0.695. The fourth-order valence-corrected chi connectivity index (χ4v) is 1.52. The van der Waals surface area contributed by atoms with E-state index in [0.29, 0.717) is 10.5 Å². The Morgan fingerprint density at radius 1 is 1.31 bits per heavy atom. The Labute approximate surface area is 79.1 Å². The second-order valence-corrected chi connectivity index (χ2v) is 3.24. The van der Waals surface area contributed by atoms with Crippen LogP contribution >= 0.6 is 11.8 Å². The van der Waals surface area contributed by atoms with E-state index in [4.69, 9.17) is 0 Å². The minimum Gasteiger partial charge on any atom is -0.503 e. The zero-order valence-electron chi connectivity index (χ0n) is 6.93. The van der Waals surface area contributed by atoms with Gasteiger partial charge in [0.25, 0.3) is 0 Å². The largest absolute Gasteiger partial charge is 0.503 e. The average Bonchev–Trinajstić information content (AvgIpc) is 2.19. The van der Waals surface area contributed by atoms with Crippen molar-refractivity contribution >= 4 is 22.7 Å². The van der Waals surface area contributed by atoms with Crippen LogP contribution in [-0.4, -0.2) is 26.3 Å². The number of thioether (sulfide) groups is 1. The van der Waals surface area contributed by atoms with Gasteiger partial charge in [-0.2, -0.15) is 0 Å². The standard InChI is InChI=1S/C8H7N3OS/c1-13-8-7(12)6-5(3-10-8)2-9-4-11-6/h2-4,12H,1H3. The normalized spacial score (nSPS) is 10.5. The van der Waals surface area contributed by atoms with Crippen LogP contribution in [0.25, 0.3) is 10.9 Å². The van der Waals surface area contributed by atoms with E-state index in [1.165, 1.54) is 18.1 Å². The minimum atomic E-state index is 0.132. The van der Waals surface area contributed by atoms with Crippen molar-refractivity contribution in [1.29, 1.82) is 0 Å². The van der Waals surface area contributed by atoms with Crippen molar-refractivity contribution in [3.63, 3.8) is 0 Å². The van der Waals surface area contributed by atoms with E-state index < -0.39 is 0 Å². The van der Waals surface area contributed by atoms with Gasteiger partial charge in [0.15, 0.2) is 5.75 Å². The molecule has 0 amide bonds. The molecular weight excluding hydrogens is 186 g/mol. The first-order valence-electron chi connectivity index (χ1n) is 3.64. The highest BCUT2D eigenvalue weighted by molar-refractivity contribution is 7.98. The summed E-state index contributed by atoms with van der Waals surface area (Å²) in [5.41, 5.74) is 0.550. The van der Waals surface area contributed by atoms with Gasteiger partial charge in [0.05, 0.1) is 0 Å². The van der Waals surface area contributed by atoms with Crippen LogP contribution in [0.1, 0.15) is 0 Å². The number of rotatable bonds is 1. The lowest BCUT2D eigenvalue weighted by Crippen LogP contribution is -1.86. The van der Waals surface area contributed by atoms with Crippen molar-refractivity contribution < 1.29 is 5.11 Å². The van der Waals surface area contributed by atoms with E-state index in [1.807, 2.05) is 6.26 Å². The molecule has 0 saturated heterocycles. The van der Waals surface area contributed by atoms with Gasteiger partial charge in [0, 0.05) is 17.8 Å². The van der Waals surface area contributed by atoms with Crippen LogP contribution in [0.2, 0.25) is 0 Å². The lowest BCUT2D eigenvalue weighted by atomic mass is 10.3. The summed E-state index contributed by atoms with van der Waals surface area (Å²) >= 11 is 1.39. The molecule has 2 rings (SSSR count). The van der Waals surface area contributed by atoms with Gasteiger partial charge in [-0.1, -0.05) is 0 Å². The highest BCUT2D eigenvalue weighted by Gasteiger charge is 2.07. The summed E-state index contributed by atoms with van der Waals surface area (Å²) in [4.78, 5) is 11.9. The third kappa shape index (κ3) is 1.31. The third-order valence-electron chi connectivity index (χ3n) is 1.68. The molecule has 0 bridgehead atoms. The zero-order valence-corrected chi connectivity index (χ0v) is 7.75. The molecule has 0 aliphatic heterocycles. The number of aromatic nitrogens is 3. The van der Waals surface area contributed by atoms with Crippen molar-refractivity contribution in [1.82, 2.24) is 15.0 Å². The number of pyridine rings is 1. The van der Waals surface area contributed by atoms with Crippen LogP contribution in [0, 0.1) is 0 Å². The number of hydrogen-bond donors (Lipinski definition) is 1. The minimum absolute atomic E-state index is 0.132. The van der Waals surface area contributed by atoms with Gasteiger partial charge in [-0.15, -0.1) is 11.8 Å². The second kappa shape index (κ2) is 3.18. The maximum absolute atomic E-state index is 9.68. The molecule has 0 aromatic carbocycles. The molecule has 5 heteroatoms. The molecule has 0 saturated carbocycles. The molecule has 0 spiro atoms. The smallest absolute Gasteiger partial charge is 0.174 e. The van der Waals surface area contributed by atoms with Gasteiger partial charge in [-0.05, 0) is 6.26 Å². The Kier molecular flexibility index (Phi) is 2.02. The van der Waals surface area contributed by atoms with Gasteiger partial charge in [-0.3, -0.25) is 0 Å². The number of aromatic hydroxyl groups is 1. The Balaban J connectivity index is 2.79. The van der Waals surface area contributed by atoms with Gasteiger partial charge in [-0.25, -0.2) is 15.0 Å². The molecule has 0 radical (unpaired) electrons. The third-order valence-corrected chi connectivity index (χ3v) is 2.37. The molecule has 2 aromatic rings. The molecule has 0 aliphatic rings. The fourth-order valence-electron chi connectivity index (χ4n) is 1.07. The maximum atomic E-state index is 9.68. The summed E-state index contributed by atoms with van der Waals surface area (Å²) in [6, 6.07) is 0. The topological polar surface area (TPSA) is 58.9 Å². The highest BCUT2D eigenvalue weighted by atomic mass is 32.2. The SMILES string of the molecule is CSc1ncc2cncnc2c1O. The van der Waals surface area contributed by atoms with Crippen molar-refractivity contribution in [2.24, 2.45) is 0 Å². The van der Waals surface area contributed by atoms with Crippen molar-refractivity contribution in [3.8, 4) is 5.75 Å². The van der Waals surface area contributed by atoms with E-state index in [-0.39, 0.29) is 5.75 Å². The summed E-state index contributed by atoms with van der Waals surface area (Å²) in [7, 11) is 0. The van der Waals surface area contributed by atoms with E-state index >= 15 is 0 Å². The highest BCUT2D eigenvalue weighted by Crippen LogP contribution is 2.29. The predicted molar refractivity (Wildman–Crippen MR) is 50.8 cm³/mol. The summed E-state index contributed by atoms with van der Waals surface area (Å²) < 4.78 is 0. The van der Waals surface area contributed by atoms with E-state index in [2.05, 4.69) is 15.0 Å². The van der Waals surface area contributed by atoms with Crippen LogP contribution in [0.15, 0.2) is 23.7 Å². The lowest BCUT2D eigenvalue weighted by Gasteiger charge is -2.01. The van der Waals surface area contributed by atoms with Crippen molar-refractivity contribution in [3.05, 3.63) is 18.7 Å². The number of hydrogen-bond acceptors (Lipinski definition) is 5. The number of fused-ring (bicyclic) bond motifs is 1. The van der Waals surface area contributed by atoms with Crippen LogP contribution in [0.5, 0.6) is 5.75 Å². The molecule has 4 nitrogen and oxygen atoms in total. The van der Waals surface area contributed by atoms with Crippen LogP contribution < -0.4 is 0 Å². The van der Waals surface area contributed by atoms with Gasteiger partial charge < -0.3 is 5.11 Å². The molecule has 1 N–H and O–H groups in total. The summed E-state index contributed by atoms with van der Waals surface area (Å²) in [5, 5.41) is 11.0. The van der Waals surface area contributed by atoms with Gasteiger partial charge in [0.2, 0.25) is 0 Å². The van der Waals surface area contributed by atoms with Crippen LogP contribution in [0.3, 0.4) is 0 Å². The first kappa shape index (κ1) is 8.25. The van der Waals surface area contributed by atoms with Gasteiger partial charge in [0.1, 0.15) is 16.9 Å². The monoisotopic (exact) mass is 193 g/mol. The maximum Gasteiger partial charge on any atom is 0.174 e. The number of nitrogens with zero attached hydrogens (tertiary/aromatic N) is 3. The molecular formula is C8H7N3OS. The molecule has 2 heterocycles. The summed E-state index contributed by atoms with van der Waals surface area (Å²) in [6.45, 7) is 0. The molecule has 13 heavy (non-hydrogen) atoms. The zero-order chi connectivity index (χ0) is 9.26. The second-order valence-electron chi connectivity index (χ2n) is 2.44. The molecule has 66 valence electrons. The van der Waals surface area contributed by atoms with Gasteiger partial charge >= 0.3 is 0 Å². The van der Waals surface area contributed by atoms with Crippen molar-refractivity contribution in [2.75, 3.05) is 6.26 Å². The van der Waals surface area contributed by atoms with E-state index in [9.17, 15) is 5.11 Å². The Morgan fingerprint density at radius 3 is 2.92 bits per heavy atom. The van der Waals surface area contributed by atoms with E-state index in [0.717, 1.165) is 5.39 Å². The first-order chi connectivity index (χ1) is 6.33. The molecule has 2 aromatic heterocycles. The first-order valence-corrected chi connectivity index (χ1v) is 4.87. The molecule has 0 aliphatic carbocycles. The molecule has 0 fully saturated rings. The molecule has 0 unspecified atom stereocenters. The lowest BCUT2D eigenvalue weighted by molar-refractivity contribution is 0.462. The van der Waals surface area contributed by atoms with Crippen LogP contribution in [0.4, 0.5) is 0 Å². The molecule has 0 atom stereocenters. The van der Waals surface area contributed by atoms with Crippen LogP contribution in [-0.2, 0) is 0 Å². The predicted octanol–water partition coefficient (Wildman–Crippen LogP) is 1.45. The van der Waals surface area contributed by atoms with E-state index in [1.54, 1.807) is 12.4 Å². The summed E-state index contributed by atoms with van der Waals surface area (Å²) in [6.07, 6.45) is 6.54. The Hall–Kier alpha value is -1.36. The summed E-state index contributed by atoms with van der Waals surface area (Å²) in [5.74, 6) is 0.132. The van der Waals surface area contributed by atoms with Crippen molar-refractivity contribution in [2.45, 2.75) is 5.03 Å². The Morgan fingerprint density at radius 2 is 2.15 bits per heavy atom. The average molecular weight is 193 g/mol. The Bertz CT molecular complexity index is 446.